The number of rotatable bonds is 3. The molecule has 10 rings (SSSR count). The monoisotopic (exact) mass is 592 g/mol. The van der Waals surface area contributed by atoms with Gasteiger partial charge in [0.05, 0.1) is 0 Å². The number of fused-ring (bicyclic) bond motifs is 9. The van der Waals surface area contributed by atoms with Crippen molar-refractivity contribution < 1.29 is 8.83 Å². The van der Waals surface area contributed by atoms with Gasteiger partial charge in [0.2, 0.25) is 0 Å². The molecule has 0 N–H and O–H groups in total. The Kier molecular flexibility index (Phi) is 5.19. The largest absolute Gasteiger partial charge is 0.456 e. The molecule has 10 aromatic rings. The van der Waals surface area contributed by atoms with Gasteiger partial charge in [0.1, 0.15) is 22.3 Å². The summed E-state index contributed by atoms with van der Waals surface area (Å²) in [6.07, 6.45) is 0. The van der Waals surface area contributed by atoms with Gasteiger partial charge in [-0.1, -0.05) is 97.1 Å². The highest BCUT2D eigenvalue weighted by Gasteiger charge is 2.15. The van der Waals surface area contributed by atoms with E-state index >= 15 is 0 Å². The molecule has 7 aromatic carbocycles. The molecule has 0 unspecified atom stereocenters. The van der Waals surface area contributed by atoms with Crippen molar-refractivity contribution in [1.29, 1.82) is 0 Å². The zero-order valence-electron chi connectivity index (χ0n) is 24.1. The SMILES string of the molecule is c1ccc2c(c1)oc1c(-c3ccc4c(c3)oc3cc(-c5ccc(-c6ccc7sc8ccccc8c7c6)cc5)ccc34)cccc12. The van der Waals surface area contributed by atoms with E-state index in [0.29, 0.717) is 0 Å². The molecule has 0 saturated heterocycles. The van der Waals surface area contributed by atoms with E-state index in [2.05, 4.69) is 133 Å². The molecule has 0 aliphatic carbocycles. The Hall–Kier alpha value is -5.64. The predicted molar refractivity (Wildman–Crippen MR) is 190 cm³/mol. The Morgan fingerprint density at radius 2 is 0.911 bits per heavy atom. The van der Waals surface area contributed by atoms with Crippen LogP contribution in [0.2, 0.25) is 0 Å². The second-order valence-electron chi connectivity index (χ2n) is 11.7. The van der Waals surface area contributed by atoms with E-state index in [0.717, 1.165) is 60.6 Å². The number of hydrogen-bond donors (Lipinski definition) is 0. The maximum Gasteiger partial charge on any atom is 0.143 e. The van der Waals surface area contributed by atoms with Gasteiger partial charge < -0.3 is 8.83 Å². The highest BCUT2D eigenvalue weighted by Crippen LogP contribution is 2.40. The van der Waals surface area contributed by atoms with E-state index < -0.39 is 0 Å². The standard InChI is InChI=1S/C42H24O2S/c1-3-10-37-31(6-1)35-9-5-8-30(42(35)44-37)29-17-20-33-32-19-16-28(23-38(32)43-39(33)24-29)26-14-12-25(13-15-26)27-18-21-41-36(22-27)34-7-2-4-11-40(34)45-41/h1-24H. The van der Waals surface area contributed by atoms with Crippen molar-refractivity contribution in [2.45, 2.75) is 0 Å². The molecule has 0 aliphatic rings. The molecule has 0 bridgehead atoms. The van der Waals surface area contributed by atoms with Crippen molar-refractivity contribution in [2.75, 3.05) is 0 Å². The minimum absolute atomic E-state index is 0.874. The lowest BCUT2D eigenvalue weighted by Crippen LogP contribution is -1.81. The van der Waals surface area contributed by atoms with Gasteiger partial charge in [-0.3, -0.25) is 0 Å². The van der Waals surface area contributed by atoms with Gasteiger partial charge in [-0.05, 0) is 76.3 Å². The van der Waals surface area contributed by atoms with Gasteiger partial charge in [0, 0.05) is 47.3 Å². The van der Waals surface area contributed by atoms with Crippen molar-refractivity contribution in [3.8, 4) is 33.4 Å². The molecule has 3 heterocycles. The fourth-order valence-electron chi connectivity index (χ4n) is 6.86. The molecule has 0 radical (unpaired) electrons. The average molecular weight is 593 g/mol. The minimum Gasteiger partial charge on any atom is -0.456 e. The summed E-state index contributed by atoms with van der Waals surface area (Å²) >= 11 is 1.85. The first-order chi connectivity index (χ1) is 22.3. The van der Waals surface area contributed by atoms with Crippen LogP contribution in [-0.4, -0.2) is 0 Å². The Morgan fingerprint density at radius 1 is 0.333 bits per heavy atom. The van der Waals surface area contributed by atoms with Gasteiger partial charge in [-0.25, -0.2) is 0 Å². The number of hydrogen-bond acceptors (Lipinski definition) is 3. The molecule has 45 heavy (non-hydrogen) atoms. The normalized spacial score (nSPS) is 12.0. The first-order valence-corrected chi connectivity index (χ1v) is 16.0. The van der Waals surface area contributed by atoms with Crippen LogP contribution in [-0.2, 0) is 0 Å². The molecule has 0 amide bonds. The van der Waals surface area contributed by atoms with Crippen LogP contribution in [0.5, 0.6) is 0 Å². The molecule has 0 fully saturated rings. The summed E-state index contributed by atoms with van der Waals surface area (Å²) < 4.78 is 15.5. The second kappa shape index (κ2) is 9.43. The lowest BCUT2D eigenvalue weighted by Gasteiger charge is -2.06. The van der Waals surface area contributed by atoms with Gasteiger partial charge in [0.25, 0.3) is 0 Å². The smallest absolute Gasteiger partial charge is 0.143 e. The Morgan fingerprint density at radius 3 is 1.73 bits per heavy atom. The Balaban J connectivity index is 1.01. The van der Waals surface area contributed by atoms with Crippen molar-refractivity contribution in [2.24, 2.45) is 0 Å². The van der Waals surface area contributed by atoms with E-state index in [1.54, 1.807) is 0 Å². The first kappa shape index (κ1) is 24.8. The Labute approximate surface area is 262 Å². The van der Waals surface area contributed by atoms with E-state index in [1.165, 1.54) is 36.9 Å². The fourth-order valence-corrected chi connectivity index (χ4v) is 7.95. The number of benzene rings is 7. The van der Waals surface area contributed by atoms with Crippen molar-refractivity contribution >= 4 is 75.4 Å². The number of para-hydroxylation sites is 2. The van der Waals surface area contributed by atoms with Crippen LogP contribution < -0.4 is 0 Å². The van der Waals surface area contributed by atoms with Gasteiger partial charge in [-0.2, -0.15) is 0 Å². The summed E-state index contributed by atoms with van der Waals surface area (Å²) in [5, 5.41) is 7.15. The highest BCUT2D eigenvalue weighted by molar-refractivity contribution is 7.25. The molecule has 2 nitrogen and oxygen atoms in total. The summed E-state index contributed by atoms with van der Waals surface area (Å²) in [5.41, 5.74) is 10.5. The third-order valence-electron chi connectivity index (χ3n) is 9.12. The van der Waals surface area contributed by atoms with Crippen LogP contribution in [0.1, 0.15) is 0 Å². The van der Waals surface area contributed by atoms with E-state index in [4.69, 9.17) is 8.83 Å². The quantitative estimate of drug-likeness (QED) is 0.204. The van der Waals surface area contributed by atoms with Gasteiger partial charge in [0.15, 0.2) is 0 Å². The molecule has 0 atom stereocenters. The van der Waals surface area contributed by atoms with Crippen LogP contribution in [0.4, 0.5) is 0 Å². The average Bonchev–Trinajstić information content (AvgIpc) is 3.78. The topological polar surface area (TPSA) is 26.3 Å². The lowest BCUT2D eigenvalue weighted by molar-refractivity contribution is 0.668. The predicted octanol–water partition coefficient (Wildman–Crippen LogP) is 12.9. The van der Waals surface area contributed by atoms with Crippen molar-refractivity contribution in [1.82, 2.24) is 0 Å². The second-order valence-corrected chi connectivity index (χ2v) is 12.8. The van der Waals surface area contributed by atoms with Gasteiger partial charge >= 0.3 is 0 Å². The zero-order valence-corrected chi connectivity index (χ0v) is 24.9. The van der Waals surface area contributed by atoms with Crippen LogP contribution in [0.3, 0.4) is 0 Å². The fraction of sp³-hybridized carbons (Fsp3) is 0. The van der Waals surface area contributed by atoms with Crippen LogP contribution in [0, 0.1) is 0 Å². The summed E-state index contributed by atoms with van der Waals surface area (Å²) in [5.74, 6) is 0. The summed E-state index contributed by atoms with van der Waals surface area (Å²) in [6.45, 7) is 0. The first-order valence-electron chi connectivity index (χ1n) is 15.2. The van der Waals surface area contributed by atoms with Crippen molar-refractivity contribution in [3.05, 3.63) is 146 Å². The van der Waals surface area contributed by atoms with Crippen LogP contribution >= 0.6 is 11.3 Å². The minimum atomic E-state index is 0.874. The molecule has 3 aromatic heterocycles. The molecule has 0 spiro atoms. The summed E-state index contributed by atoms with van der Waals surface area (Å²) in [4.78, 5) is 0. The Bertz CT molecular complexity index is 2760. The summed E-state index contributed by atoms with van der Waals surface area (Å²) in [7, 11) is 0. The molecule has 0 saturated carbocycles. The van der Waals surface area contributed by atoms with E-state index in [9.17, 15) is 0 Å². The third kappa shape index (κ3) is 3.81. The number of furan rings is 2. The molecule has 210 valence electrons. The molecule has 3 heteroatoms. The molecular formula is C42H24O2S. The van der Waals surface area contributed by atoms with E-state index in [1.807, 2.05) is 23.5 Å². The van der Waals surface area contributed by atoms with E-state index in [-0.39, 0.29) is 0 Å². The summed E-state index contributed by atoms with van der Waals surface area (Å²) in [6, 6.07) is 51.9. The lowest BCUT2D eigenvalue weighted by atomic mass is 9.98. The van der Waals surface area contributed by atoms with Gasteiger partial charge in [-0.15, -0.1) is 11.3 Å². The zero-order chi connectivity index (χ0) is 29.5. The highest BCUT2D eigenvalue weighted by atomic mass is 32.1. The molecular weight excluding hydrogens is 569 g/mol. The maximum atomic E-state index is 6.48. The molecule has 0 aliphatic heterocycles. The van der Waals surface area contributed by atoms with Crippen LogP contribution in [0.15, 0.2) is 154 Å². The number of thiophene rings is 1. The maximum absolute atomic E-state index is 6.48. The van der Waals surface area contributed by atoms with Crippen LogP contribution in [0.25, 0.3) is 97.4 Å². The third-order valence-corrected chi connectivity index (χ3v) is 10.3. The van der Waals surface area contributed by atoms with Crippen molar-refractivity contribution in [3.63, 3.8) is 0 Å².